The number of nitrogens with one attached hydrogen (secondary N) is 1. The first-order valence-corrected chi connectivity index (χ1v) is 9.04. The molecule has 0 saturated heterocycles. The zero-order valence-corrected chi connectivity index (χ0v) is 14.9. The van der Waals surface area contributed by atoms with Gasteiger partial charge in [-0.1, -0.05) is 11.6 Å². The van der Waals surface area contributed by atoms with Crippen LogP contribution in [-0.2, 0) is 0 Å². The van der Waals surface area contributed by atoms with Gasteiger partial charge in [0.05, 0.1) is 21.6 Å². The number of carbonyl (C=O) groups is 1. The molecular weight excluding hydrogens is 373 g/mol. The monoisotopic (exact) mass is 387 g/mol. The Labute approximate surface area is 158 Å². The number of fused-ring (bicyclic) bond motifs is 2. The maximum absolute atomic E-state index is 15.0. The number of carboxylic acid groups (broad SMARTS) is 1. The first-order chi connectivity index (χ1) is 13.0. The van der Waals surface area contributed by atoms with E-state index in [0.717, 1.165) is 30.1 Å². The molecule has 3 aliphatic rings. The Bertz CT molecular complexity index is 1150. The first kappa shape index (κ1) is 16.4. The van der Waals surface area contributed by atoms with Gasteiger partial charge >= 0.3 is 5.97 Å². The molecule has 1 aliphatic carbocycles. The van der Waals surface area contributed by atoms with Crippen LogP contribution < -0.4 is 15.6 Å². The topological polar surface area (TPSA) is 74.6 Å². The zero-order chi connectivity index (χ0) is 18.9. The lowest BCUT2D eigenvalue weighted by Gasteiger charge is -2.21. The van der Waals surface area contributed by atoms with Gasteiger partial charge in [-0.05, 0) is 30.1 Å². The second-order valence-electron chi connectivity index (χ2n) is 7.07. The smallest absolute Gasteiger partial charge is 0.341 e. The number of carboxylic acids is 1. The predicted octanol–water partition coefficient (Wildman–Crippen LogP) is 3.02. The minimum Gasteiger partial charge on any atom is -0.477 e. The summed E-state index contributed by atoms with van der Waals surface area (Å²) in [5.41, 5.74) is 1.67. The van der Waals surface area contributed by atoms with Crippen LogP contribution in [0, 0.1) is 5.82 Å². The number of halogens is 2. The number of hydrogen-bond acceptors (Lipinski definition) is 4. The Morgan fingerprint density at radius 2 is 2.11 bits per heavy atom. The van der Waals surface area contributed by atoms with E-state index in [-0.39, 0.29) is 27.7 Å². The van der Waals surface area contributed by atoms with E-state index < -0.39 is 17.2 Å². The quantitative estimate of drug-likeness (QED) is 0.846. The molecule has 0 unspecified atom stereocenters. The van der Waals surface area contributed by atoms with Crippen molar-refractivity contribution in [1.29, 1.82) is 0 Å². The largest absolute Gasteiger partial charge is 0.477 e. The maximum Gasteiger partial charge on any atom is 0.341 e. The van der Waals surface area contributed by atoms with Gasteiger partial charge in [0.25, 0.3) is 0 Å². The van der Waals surface area contributed by atoms with Crippen molar-refractivity contribution in [2.75, 3.05) is 18.0 Å². The predicted molar refractivity (Wildman–Crippen MR) is 99.9 cm³/mol. The molecule has 1 aromatic heterocycles. The van der Waals surface area contributed by atoms with Gasteiger partial charge in [0.15, 0.2) is 0 Å². The molecule has 0 amide bonds. The van der Waals surface area contributed by atoms with Crippen LogP contribution in [0.1, 0.15) is 29.2 Å². The number of anilines is 1. The SMILES string of the molecule is O=C(O)c1cn(C2CC2)c2c(Cl)c(N3C=C4CNC=C4C3)c(F)cc2c1=O. The van der Waals surface area contributed by atoms with Crippen LogP contribution in [0.3, 0.4) is 0 Å². The van der Waals surface area contributed by atoms with Crippen LogP contribution in [0.4, 0.5) is 10.1 Å². The molecule has 8 heteroatoms. The molecule has 27 heavy (non-hydrogen) atoms. The molecule has 0 bridgehead atoms. The van der Waals surface area contributed by atoms with E-state index in [1.54, 1.807) is 9.47 Å². The molecule has 5 rings (SSSR count). The summed E-state index contributed by atoms with van der Waals surface area (Å²) in [6.45, 7) is 1.18. The van der Waals surface area contributed by atoms with Crippen molar-refractivity contribution >= 4 is 34.2 Å². The van der Waals surface area contributed by atoms with Gasteiger partial charge < -0.3 is 19.9 Å². The molecule has 0 spiro atoms. The Hall–Kier alpha value is -2.80. The van der Waals surface area contributed by atoms with Gasteiger partial charge in [-0.2, -0.15) is 0 Å². The van der Waals surface area contributed by atoms with E-state index in [2.05, 4.69) is 5.32 Å². The van der Waals surface area contributed by atoms with Crippen LogP contribution in [0.25, 0.3) is 10.9 Å². The number of hydrogen-bond donors (Lipinski definition) is 2. The third-order valence-electron chi connectivity index (χ3n) is 5.28. The van der Waals surface area contributed by atoms with Crippen molar-refractivity contribution in [2.24, 2.45) is 0 Å². The van der Waals surface area contributed by atoms with Crippen molar-refractivity contribution in [3.8, 4) is 0 Å². The zero-order valence-electron chi connectivity index (χ0n) is 14.1. The van der Waals surface area contributed by atoms with E-state index >= 15 is 0 Å². The lowest BCUT2D eigenvalue weighted by Crippen LogP contribution is -2.21. The summed E-state index contributed by atoms with van der Waals surface area (Å²) < 4.78 is 16.7. The van der Waals surface area contributed by atoms with Gasteiger partial charge in [0, 0.05) is 37.7 Å². The second kappa shape index (κ2) is 5.60. The average Bonchev–Trinajstić information content (AvgIpc) is 3.24. The van der Waals surface area contributed by atoms with Crippen molar-refractivity contribution in [3.05, 3.63) is 62.4 Å². The number of aromatic nitrogens is 1. The lowest BCUT2D eigenvalue weighted by molar-refractivity contribution is 0.0695. The highest BCUT2D eigenvalue weighted by Gasteiger charge is 2.31. The molecule has 6 nitrogen and oxygen atoms in total. The Morgan fingerprint density at radius 3 is 2.78 bits per heavy atom. The summed E-state index contributed by atoms with van der Waals surface area (Å²) >= 11 is 6.61. The second-order valence-corrected chi connectivity index (χ2v) is 7.44. The molecule has 2 aromatic rings. The first-order valence-electron chi connectivity index (χ1n) is 8.66. The van der Waals surface area contributed by atoms with Gasteiger partial charge in [-0.15, -0.1) is 0 Å². The third kappa shape index (κ3) is 2.38. The van der Waals surface area contributed by atoms with Gasteiger partial charge in [-0.25, -0.2) is 9.18 Å². The average molecular weight is 388 g/mol. The number of benzene rings is 1. The number of pyridine rings is 1. The molecular formula is C19H15ClFN3O3. The van der Waals surface area contributed by atoms with Crippen molar-refractivity contribution in [2.45, 2.75) is 18.9 Å². The third-order valence-corrected chi connectivity index (χ3v) is 5.63. The van der Waals surface area contributed by atoms with Crippen LogP contribution in [-0.4, -0.2) is 28.7 Å². The highest BCUT2D eigenvalue weighted by atomic mass is 35.5. The number of aromatic carboxylic acids is 1. The fourth-order valence-electron chi connectivity index (χ4n) is 3.81. The van der Waals surface area contributed by atoms with Gasteiger partial charge in [0.2, 0.25) is 5.43 Å². The standard InChI is InChI=1S/C19H15ClFN3O3/c20-15-16-12(18(25)13(19(26)27)8-24(16)11-1-2-11)3-14(21)17(15)23-6-9-4-22-5-10(9)7-23/h3-4,7-8,11,22H,1-2,5-6H2,(H,26,27). The molecule has 1 fully saturated rings. The Morgan fingerprint density at radius 1 is 1.33 bits per heavy atom. The summed E-state index contributed by atoms with van der Waals surface area (Å²) in [6, 6.07) is 1.19. The Kier molecular flexibility index (Phi) is 3.40. The minimum absolute atomic E-state index is 0.000904. The molecule has 138 valence electrons. The fourth-order valence-corrected chi connectivity index (χ4v) is 4.21. The highest BCUT2D eigenvalue weighted by molar-refractivity contribution is 6.38. The van der Waals surface area contributed by atoms with Gasteiger partial charge in [0.1, 0.15) is 11.4 Å². The minimum atomic E-state index is -1.33. The van der Waals surface area contributed by atoms with Crippen molar-refractivity contribution in [1.82, 2.24) is 9.88 Å². The van der Waals surface area contributed by atoms with E-state index in [1.165, 1.54) is 6.20 Å². The summed E-state index contributed by atoms with van der Waals surface area (Å²) in [5.74, 6) is -1.96. The summed E-state index contributed by atoms with van der Waals surface area (Å²) in [4.78, 5) is 25.8. The molecule has 1 saturated carbocycles. The van der Waals surface area contributed by atoms with Crippen molar-refractivity contribution < 1.29 is 14.3 Å². The van der Waals surface area contributed by atoms with Crippen molar-refractivity contribution in [3.63, 3.8) is 0 Å². The van der Waals surface area contributed by atoms with Crippen LogP contribution in [0.15, 0.2) is 40.6 Å². The summed E-state index contributed by atoms with van der Waals surface area (Å²) in [5, 5.41) is 12.6. The molecule has 0 radical (unpaired) electrons. The van der Waals surface area contributed by atoms with E-state index in [9.17, 15) is 19.1 Å². The molecule has 3 heterocycles. The van der Waals surface area contributed by atoms with E-state index in [4.69, 9.17) is 11.6 Å². The molecule has 2 N–H and O–H groups in total. The Balaban J connectivity index is 1.78. The van der Waals surface area contributed by atoms with Crippen LogP contribution in [0.5, 0.6) is 0 Å². The van der Waals surface area contributed by atoms with E-state index in [0.29, 0.717) is 18.6 Å². The molecule has 1 aromatic carbocycles. The van der Waals surface area contributed by atoms with Crippen LogP contribution >= 0.6 is 11.6 Å². The highest BCUT2D eigenvalue weighted by Crippen LogP contribution is 2.43. The van der Waals surface area contributed by atoms with E-state index in [1.807, 2.05) is 12.4 Å². The molecule has 2 aliphatic heterocycles. The number of rotatable bonds is 3. The number of nitrogens with zero attached hydrogens (tertiary/aromatic N) is 2. The molecule has 0 atom stereocenters. The van der Waals surface area contributed by atoms with Crippen LogP contribution in [0.2, 0.25) is 5.02 Å². The van der Waals surface area contributed by atoms with Gasteiger partial charge in [-0.3, -0.25) is 4.79 Å². The lowest BCUT2D eigenvalue weighted by atomic mass is 10.1. The summed E-state index contributed by atoms with van der Waals surface area (Å²) in [7, 11) is 0. The normalized spacial score (nSPS) is 18.4. The fraction of sp³-hybridized carbons (Fsp3) is 0.263. The summed E-state index contributed by atoms with van der Waals surface area (Å²) in [6.07, 6.45) is 6.83. The maximum atomic E-state index is 15.0.